The van der Waals surface area contributed by atoms with Crippen molar-refractivity contribution < 1.29 is 4.79 Å². The van der Waals surface area contributed by atoms with Gasteiger partial charge in [-0.15, -0.1) is 10.2 Å². The summed E-state index contributed by atoms with van der Waals surface area (Å²) in [7, 11) is 1.85. The molecular formula is C25H23N7O. The molecule has 164 valence electrons. The number of anilines is 2. The quantitative estimate of drug-likeness (QED) is 0.405. The monoisotopic (exact) mass is 437 g/mol. The third kappa shape index (κ3) is 4.45. The van der Waals surface area contributed by atoms with Gasteiger partial charge in [-0.25, -0.2) is 0 Å². The van der Waals surface area contributed by atoms with Crippen LogP contribution in [0.3, 0.4) is 0 Å². The van der Waals surface area contributed by atoms with Gasteiger partial charge in [-0.05, 0) is 29.3 Å². The summed E-state index contributed by atoms with van der Waals surface area (Å²) in [6, 6.07) is 23.5. The highest BCUT2D eigenvalue weighted by atomic mass is 16.1. The minimum Gasteiger partial charge on any atom is -0.352 e. The molecule has 0 aliphatic heterocycles. The van der Waals surface area contributed by atoms with Crippen LogP contribution < -0.4 is 10.6 Å². The number of benzene rings is 2. The highest BCUT2D eigenvalue weighted by Crippen LogP contribution is 2.25. The van der Waals surface area contributed by atoms with Gasteiger partial charge in [-0.1, -0.05) is 48.5 Å². The highest BCUT2D eigenvalue weighted by Gasteiger charge is 2.14. The maximum absolute atomic E-state index is 12.6. The predicted octanol–water partition coefficient (Wildman–Crippen LogP) is 3.76. The Morgan fingerprint density at radius 2 is 1.76 bits per heavy atom. The maximum atomic E-state index is 12.6. The van der Waals surface area contributed by atoms with E-state index in [-0.39, 0.29) is 12.3 Å². The van der Waals surface area contributed by atoms with Crippen molar-refractivity contribution in [3.8, 4) is 5.82 Å². The Labute approximate surface area is 190 Å². The molecule has 2 aromatic carbocycles. The summed E-state index contributed by atoms with van der Waals surface area (Å²) in [5, 5.41) is 20.1. The SMILES string of the molecule is Cn1nccc1Nc1ccc(-n2cc(CC(=O)NCc3ccccc3)c3ccccc32)nn1. The molecule has 0 atom stereocenters. The van der Waals surface area contributed by atoms with Gasteiger partial charge in [-0.3, -0.25) is 14.0 Å². The van der Waals surface area contributed by atoms with Crippen LogP contribution in [0.4, 0.5) is 11.6 Å². The Balaban J connectivity index is 1.36. The van der Waals surface area contributed by atoms with Crippen LogP contribution in [0, 0.1) is 0 Å². The van der Waals surface area contributed by atoms with Crippen molar-refractivity contribution in [2.45, 2.75) is 13.0 Å². The van der Waals surface area contributed by atoms with E-state index < -0.39 is 0 Å². The zero-order valence-corrected chi connectivity index (χ0v) is 18.1. The third-order valence-corrected chi connectivity index (χ3v) is 5.45. The van der Waals surface area contributed by atoms with Crippen LogP contribution in [0.15, 0.2) is 85.2 Å². The van der Waals surface area contributed by atoms with Crippen molar-refractivity contribution in [1.29, 1.82) is 0 Å². The molecule has 0 aliphatic rings. The fraction of sp³-hybridized carbons (Fsp3) is 0.120. The van der Waals surface area contributed by atoms with E-state index in [0.717, 1.165) is 27.8 Å². The van der Waals surface area contributed by atoms with Crippen molar-refractivity contribution in [2.75, 3.05) is 5.32 Å². The Hall–Kier alpha value is -4.46. The smallest absolute Gasteiger partial charge is 0.224 e. The third-order valence-electron chi connectivity index (χ3n) is 5.45. The van der Waals surface area contributed by atoms with Crippen LogP contribution in [0.5, 0.6) is 0 Å². The summed E-state index contributed by atoms with van der Waals surface area (Å²) in [6.07, 6.45) is 3.96. The van der Waals surface area contributed by atoms with Crippen molar-refractivity contribution in [1.82, 2.24) is 29.9 Å². The molecule has 0 bridgehead atoms. The predicted molar refractivity (Wildman–Crippen MR) is 127 cm³/mol. The fourth-order valence-electron chi connectivity index (χ4n) is 3.76. The van der Waals surface area contributed by atoms with Crippen LogP contribution in [0.2, 0.25) is 0 Å². The number of fused-ring (bicyclic) bond motifs is 1. The molecular weight excluding hydrogens is 414 g/mol. The zero-order valence-electron chi connectivity index (χ0n) is 18.1. The molecule has 0 aliphatic carbocycles. The molecule has 8 heteroatoms. The molecule has 3 heterocycles. The van der Waals surface area contributed by atoms with E-state index in [9.17, 15) is 4.79 Å². The number of hydrogen-bond donors (Lipinski definition) is 2. The number of carbonyl (C=O) groups excluding carboxylic acids is 1. The van der Waals surface area contributed by atoms with Gasteiger partial charge in [0, 0.05) is 31.2 Å². The largest absolute Gasteiger partial charge is 0.352 e. The van der Waals surface area contributed by atoms with E-state index in [1.807, 2.05) is 90.6 Å². The molecule has 0 unspecified atom stereocenters. The summed E-state index contributed by atoms with van der Waals surface area (Å²) in [6.45, 7) is 0.509. The normalized spacial score (nSPS) is 10.9. The van der Waals surface area contributed by atoms with Gasteiger partial charge in [-0.2, -0.15) is 5.10 Å². The Bertz CT molecular complexity index is 1390. The number of rotatable bonds is 7. The molecule has 2 N–H and O–H groups in total. The first-order valence-electron chi connectivity index (χ1n) is 10.7. The number of aromatic nitrogens is 5. The summed E-state index contributed by atoms with van der Waals surface area (Å²) in [5.74, 6) is 2.10. The van der Waals surface area contributed by atoms with Gasteiger partial charge in [0.15, 0.2) is 11.6 Å². The second-order valence-corrected chi connectivity index (χ2v) is 7.72. The van der Waals surface area contributed by atoms with Crippen LogP contribution in [-0.4, -0.2) is 30.5 Å². The van der Waals surface area contributed by atoms with Gasteiger partial charge >= 0.3 is 0 Å². The van der Waals surface area contributed by atoms with Crippen molar-refractivity contribution in [3.05, 3.63) is 96.3 Å². The zero-order chi connectivity index (χ0) is 22.6. The molecule has 5 aromatic rings. The maximum Gasteiger partial charge on any atom is 0.224 e. The van der Waals surface area contributed by atoms with E-state index in [1.54, 1.807) is 10.9 Å². The van der Waals surface area contributed by atoms with E-state index in [1.165, 1.54) is 0 Å². The molecule has 5 rings (SSSR count). The standard InChI is InChI=1S/C25H23N7O/c1-31-23(13-14-27-31)28-22-11-12-24(30-29-22)32-17-19(20-9-5-6-10-21(20)32)15-25(33)26-16-18-7-3-2-4-8-18/h2-14,17H,15-16H2,1H3,(H,26,33)(H,28,29). The molecule has 33 heavy (non-hydrogen) atoms. The van der Waals surface area contributed by atoms with Gasteiger partial charge in [0.25, 0.3) is 0 Å². The topological polar surface area (TPSA) is 89.7 Å². The second kappa shape index (κ2) is 8.96. The van der Waals surface area contributed by atoms with Crippen LogP contribution in [-0.2, 0) is 24.8 Å². The van der Waals surface area contributed by atoms with Gasteiger partial charge in [0.2, 0.25) is 5.91 Å². The van der Waals surface area contributed by atoms with E-state index in [0.29, 0.717) is 18.2 Å². The van der Waals surface area contributed by atoms with E-state index in [2.05, 4.69) is 25.9 Å². The summed E-state index contributed by atoms with van der Waals surface area (Å²) in [5.41, 5.74) is 2.99. The number of aryl methyl sites for hydroxylation is 1. The average molecular weight is 438 g/mol. The van der Waals surface area contributed by atoms with Crippen LogP contribution >= 0.6 is 0 Å². The summed E-state index contributed by atoms with van der Waals surface area (Å²) < 4.78 is 3.69. The van der Waals surface area contributed by atoms with Gasteiger partial charge in [0.1, 0.15) is 5.82 Å². The average Bonchev–Trinajstić information content (AvgIpc) is 3.42. The van der Waals surface area contributed by atoms with Crippen LogP contribution in [0.25, 0.3) is 16.7 Å². The fourth-order valence-corrected chi connectivity index (χ4v) is 3.76. The first-order chi connectivity index (χ1) is 16.2. The summed E-state index contributed by atoms with van der Waals surface area (Å²) >= 11 is 0. The van der Waals surface area contributed by atoms with E-state index >= 15 is 0 Å². The number of nitrogens with one attached hydrogen (secondary N) is 2. The molecule has 0 spiro atoms. The lowest BCUT2D eigenvalue weighted by molar-refractivity contribution is -0.120. The van der Waals surface area contributed by atoms with Crippen molar-refractivity contribution in [3.63, 3.8) is 0 Å². The molecule has 0 saturated heterocycles. The minimum absolute atomic E-state index is 0.0245. The minimum atomic E-state index is -0.0245. The van der Waals surface area contributed by atoms with Gasteiger partial charge in [0.05, 0.1) is 18.1 Å². The molecule has 0 fully saturated rings. The number of carbonyl (C=O) groups is 1. The molecule has 1 amide bonds. The van der Waals surface area contributed by atoms with Crippen LogP contribution in [0.1, 0.15) is 11.1 Å². The lowest BCUT2D eigenvalue weighted by atomic mass is 10.1. The number of para-hydroxylation sites is 1. The first kappa shape index (κ1) is 20.4. The van der Waals surface area contributed by atoms with Gasteiger partial charge < -0.3 is 10.6 Å². The number of amides is 1. The second-order valence-electron chi connectivity index (χ2n) is 7.72. The summed E-state index contributed by atoms with van der Waals surface area (Å²) in [4.78, 5) is 12.6. The Kier molecular flexibility index (Phi) is 5.55. The molecule has 8 nitrogen and oxygen atoms in total. The lowest BCUT2D eigenvalue weighted by Crippen LogP contribution is -2.24. The Morgan fingerprint density at radius 1 is 0.939 bits per heavy atom. The number of hydrogen-bond acceptors (Lipinski definition) is 5. The lowest BCUT2D eigenvalue weighted by Gasteiger charge is -2.07. The molecule has 0 saturated carbocycles. The highest BCUT2D eigenvalue weighted by molar-refractivity contribution is 5.90. The number of nitrogens with zero attached hydrogens (tertiary/aromatic N) is 5. The molecule has 0 radical (unpaired) electrons. The Morgan fingerprint density at radius 3 is 2.52 bits per heavy atom. The van der Waals surface area contributed by atoms with Crippen molar-refractivity contribution in [2.24, 2.45) is 7.05 Å². The first-order valence-corrected chi connectivity index (χ1v) is 10.7. The molecule has 3 aromatic heterocycles. The van der Waals surface area contributed by atoms with E-state index in [4.69, 9.17) is 0 Å². The van der Waals surface area contributed by atoms with Crippen molar-refractivity contribution >= 4 is 28.4 Å².